The lowest BCUT2D eigenvalue weighted by Gasteiger charge is -2.32. The third-order valence-electron chi connectivity index (χ3n) is 5.53. The molecule has 1 aliphatic rings. The Morgan fingerprint density at radius 3 is 2.65 bits per heavy atom. The summed E-state index contributed by atoms with van der Waals surface area (Å²) in [6.07, 6.45) is 4.75. The Morgan fingerprint density at radius 1 is 1.16 bits per heavy atom. The molecule has 2 aromatic carbocycles. The lowest BCUT2D eigenvalue weighted by Crippen LogP contribution is -2.41. The summed E-state index contributed by atoms with van der Waals surface area (Å²) in [4.78, 5) is 18.7. The van der Waals surface area contributed by atoms with Gasteiger partial charge in [-0.1, -0.05) is 29.8 Å². The smallest absolute Gasteiger partial charge is 0.321 e. The minimum absolute atomic E-state index is 0. The van der Waals surface area contributed by atoms with Crippen molar-refractivity contribution in [3.8, 4) is 11.6 Å². The van der Waals surface area contributed by atoms with Gasteiger partial charge in [0.2, 0.25) is 5.88 Å². The van der Waals surface area contributed by atoms with Crippen LogP contribution in [0.3, 0.4) is 0 Å². The van der Waals surface area contributed by atoms with Crippen molar-refractivity contribution in [1.82, 2.24) is 9.88 Å². The molecule has 5 nitrogen and oxygen atoms in total. The summed E-state index contributed by atoms with van der Waals surface area (Å²) in [7, 11) is 0. The Kier molecular flexibility index (Phi) is 6.73. The summed E-state index contributed by atoms with van der Waals surface area (Å²) in [6.45, 7) is 3.52. The Balaban J connectivity index is 0.00000289. The predicted molar refractivity (Wildman–Crippen MR) is 126 cm³/mol. The van der Waals surface area contributed by atoms with Crippen molar-refractivity contribution in [2.24, 2.45) is 5.92 Å². The van der Waals surface area contributed by atoms with Crippen molar-refractivity contribution in [3.05, 3.63) is 83.0 Å². The van der Waals surface area contributed by atoms with Gasteiger partial charge in [0.05, 0.1) is 0 Å². The number of aryl methyl sites for hydroxylation is 1. The third kappa shape index (κ3) is 5.98. The van der Waals surface area contributed by atoms with Gasteiger partial charge in [0.25, 0.3) is 0 Å². The van der Waals surface area contributed by atoms with Crippen molar-refractivity contribution in [3.63, 3.8) is 0 Å². The molecule has 162 valence electrons. The van der Waals surface area contributed by atoms with Crippen molar-refractivity contribution >= 4 is 23.3 Å². The van der Waals surface area contributed by atoms with Crippen LogP contribution in [0.2, 0.25) is 5.02 Å². The second kappa shape index (κ2) is 9.84. The maximum Gasteiger partial charge on any atom is 0.321 e. The van der Waals surface area contributed by atoms with Crippen LogP contribution in [-0.2, 0) is 6.42 Å². The van der Waals surface area contributed by atoms with Gasteiger partial charge in [-0.2, -0.15) is 0 Å². The number of aromatic nitrogens is 1. The fourth-order valence-electron chi connectivity index (χ4n) is 3.78. The first kappa shape index (κ1) is 21.2. The van der Waals surface area contributed by atoms with Gasteiger partial charge in [0.1, 0.15) is 5.75 Å². The number of carbonyl (C=O) groups is 1. The summed E-state index contributed by atoms with van der Waals surface area (Å²) in [5.74, 6) is 1.95. The number of urea groups is 1. The van der Waals surface area contributed by atoms with Gasteiger partial charge < -0.3 is 15.0 Å². The van der Waals surface area contributed by atoms with Gasteiger partial charge in [0.15, 0.2) is 0 Å². The van der Waals surface area contributed by atoms with E-state index in [0.717, 1.165) is 49.4 Å². The molecule has 1 N–H and O–H groups in total. The number of benzene rings is 2. The van der Waals surface area contributed by atoms with Gasteiger partial charge in [-0.15, -0.1) is 0 Å². The average Bonchev–Trinajstić information content (AvgIpc) is 2.78. The van der Waals surface area contributed by atoms with Gasteiger partial charge >= 0.3 is 6.03 Å². The molecule has 0 bridgehead atoms. The number of carbonyl (C=O) groups excluding carboxylic acids is 1. The number of nitrogens with zero attached hydrogens (tertiary/aromatic N) is 2. The zero-order valence-electron chi connectivity index (χ0n) is 17.6. The van der Waals surface area contributed by atoms with Gasteiger partial charge in [-0.05, 0) is 79.6 Å². The van der Waals surface area contributed by atoms with Crippen LogP contribution in [0.15, 0.2) is 66.9 Å². The van der Waals surface area contributed by atoms with Crippen molar-refractivity contribution < 1.29 is 11.0 Å². The van der Waals surface area contributed by atoms with Crippen LogP contribution < -0.4 is 10.1 Å². The summed E-state index contributed by atoms with van der Waals surface area (Å²) in [5.41, 5.74) is 3.11. The van der Waals surface area contributed by atoms with Crippen LogP contribution in [-0.4, -0.2) is 29.0 Å². The molecule has 0 spiro atoms. The first-order chi connectivity index (χ1) is 15.0. The number of piperidine rings is 1. The Labute approximate surface area is 189 Å². The molecule has 1 aromatic heterocycles. The predicted octanol–water partition coefficient (Wildman–Crippen LogP) is 6.57. The van der Waals surface area contributed by atoms with Crippen LogP contribution >= 0.6 is 11.6 Å². The fourth-order valence-corrected chi connectivity index (χ4v) is 3.91. The number of hydrogen-bond acceptors (Lipinski definition) is 3. The molecule has 1 saturated heterocycles. The zero-order chi connectivity index (χ0) is 21.6. The molecule has 2 heterocycles. The number of nitrogens with one attached hydrogen (secondary N) is 1. The molecule has 0 aliphatic carbocycles. The molecule has 1 aliphatic heterocycles. The van der Waals surface area contributed by atoms with E-state index < -0.39 is 0 Å². The van der Waals surface area contributed by atoms with Crippen LogP contribution in [0, 0.1) is 12.8 Å². The Morgan fingerprint density at radius 2 is 1.94 bits per heavy atom. The topological polar surface area (TPSA) is 54.5 Å². The van der Waals surface area contributed by atoms with Crippen LogP contribution in [0.25, 0.3) is 0 Å². The highest BCUT2D eigenvalue weighted by molar-refractivity contribution is 6.30. The van der Waals surface area contributed by atoms with E-state index in [0.29, 0.717) is 16.8 Å². The molecule has 31 heavy (non-hydrogen) atoms. The SMILES string of the molecule is Cc1ccc(Oc2cccc(CC3CCN(C(=O)Nc4ccc(Cl)cc4)CC3)c2)nc1.[HH]. The molecule has 0 radical (unpaired) electrons. The number of ether oxygens (including phenoxy) is 1. The lowest BCUT2D eigenvalue weighted by atomic mass is 9.90. The number of amides is 2. The lowest BCUT2D eigenvalue weighted by molar-refractivity contribution is 0.182. The highest BCUT2D eigenvalue weighted by atomic mass is 35.5. The number of rotatable bonds is 5. The van der Waals surface area contributed by atoms with Crippen LogP contribution in [0.5, 0.6) is 11.6 Å². The largest absolute Gasteiger partial charge is 0.439 e. The van der Waals surface area contributed by atoms with Crippen molar-refractivity contribution in [2.75, 3.05) is 18.4 Å². The number of likely N-dealkylation sites (tertiary alicyclic amines) is 1. The number of hydrogen-bond donors (Lipinski definition) is 1. The van der Waals surface area contributed by atoms with Crippen molar-refractivity contribution in [1.29, 1.82) is 0 Å². The van der Waals surface area contributed by atoms with E-state index in [2.05, 4.69) is 22.4 Å². The van der Waals surface area contributed by atoms with E-state index in [1.165, 1.54) is 5.56 Å². The maximum atomic E-state index is 12.5. The highest BCUT2D eigenvalue weighted by Gasteiger charge is 2.23. The molecular weight excluding hydrogens is 410 g/mol. The van der Waals surface area contributed by atoms with Gasteiger partial charge in [-0.3, -0.25) is 0 Å². The summed E-state index contributed by atoms with van der Waals surface area (Å²) in [5, 5.41) is 3.60. The third-order valence-corrected chi connectivity index (χ3v) is 5.78. The van der Waals surface area contributed by atoms with E-state index in [1.807, 2.05) is 48.2 Å². The minimum Gasteiger partial charge on any atom is -0.439 e. The Hall–Kier alpha value is -3.05. The second-order valence-electron chi connectivity index (χ2n) is 7.99. The standard InChI is InChI=1S/C25H26ClN3O2.H2/c1-18-5-10-24(27-17-18)31-23-4-2-3-20(16-23)15-19-11-13-29(14-12-19)25(30)28-22-8-6-21(26)7-9-22;/h2-10,16-17,19H,11-15H2,1H3,(H,28,30);1H. The van der Waals surface area contributed by atoms with Gasteiger partial charge in [-0.25, -0.2) is 9.78 Å². The van der Waals surface area contributed by atoms with E-state index in [9.17, 15) is 4.79 Å². The minimum atomic E-state index is -0.0539. The fraction of sp³-hybridized carbons (Fsp3) is 0.280. The normalized spacial score (nSPS) is 14.3. The second-order valence-corrected chi connectivity index (χ2v) is 8.43. The summed E-state index contributed by atoms with van der Waals surface area (Å²) >= 11 is 5.90. The highest BCUT2D eigenvalue weighted by Crippen LogP contribution is 2.26. The molecule has 0 atom stereocenters. The van der Waals surface area contributed by atoms with Crippen molar-refractivity contribution in [2.45, 2.75) is 26.2 Å². The first-order valence-corrected chi connectivity index (χ1v) is 10.9. The van der Waals surface area contributed by atoms with E-state index >= 15 is 0 Å². The molecule has 6 heteroatoms. The molecule has 2 amide bonds. The molecule has 0 unspecified atom stereocenters. The average molecular weight is 438 g/mol. The van der Waals surface area contributed by atoms with Crippen LogP contribution in [0.1, 0.15) is 25.4 Å². The molecule has 3 aromatic rings. The van der Waals surface area contributed by atoms with Crippen LogP contribution in [0.4, 0.5) is 10.5 Å². The van der Waals surface area contributed by atoms with E-state index in [-0.39, 0.29) is 7.46 Å². The zero-order valence-corrected chi connectivity index (χ0v) is 18.3. The number of pyridine rings is 1. The molecule has 1 fully saturated rings. The molecule has 4 rings (SSSR count). The maximum absolute atomic E-state index is 12.5. The number of anilines is 1. The summed E-state index contributed by atoms with van der Waals surface area (Å²) < 4.78 is 5.90. The van der Waals surface area contributed by atoms with Gasteiger partial charge in [0, 0.05) is 37.5 Å². The Bertz CT molecular complexity index is 1020. The quantitative estimate of drug-likeness (QED) is 0.491. The van der Waals surface area contributed by atoms with E-state index in [4.69, 9.17) is 16.3 Å². The van der Waals surface area contributed by atoms with E-state index in [1.54, 1.807) is 18.3 Å². The monoisotopic (exact) mass is 437 g/mol. The number of halogens is 1. The first-order valence-electron chi connectivity index (χ1n) is 10.6. The molecular formula is C25H28ClN3O2. The summed E-state index contributed by atoms with van der Waals surface area (Å²) in [6, 6.07) is 19.2. The molecule has 0 saturated carbocycles.